The number of benzene rings is 1. The first-order valence-corrected chi connectivity index (χ1v) is 8.33. The Morgan fingerprint density at radius 3 is 2.53 bits per heavy atom. The average Bonchev–Trinajstić information content (AvgIpc) is 2.49. The molecular formula is C16H22N2S. The fourth-order valence-electron chi connectivity index (χ4n) is 2.71. The summed E-state index contributed by atoms with van der Waals surface area (Å²) in [6, 6.07) is 13.1. The number of thioether (sulfide) groups is 1. The second kappa shape index (κ2) is 7.57. The first kappa shape index (κ1) is 14.4. The van der Waals surface area contributed by atoms with Gasteiger partial charge in [-0.2, -0.15) is 17.0 Å². The van der Waals surface area contributed by atoms with Gasteiger partial charge in [-0.3, -0.25) is 0 Å². The Kier molecular flexibility index (Phi) is 5.75. The third-order valence-electron chi connectivity index (χ3n) is 3.98. The molecule has 1 N–H and O–H groups in total. The molecule has 102 valence electrons. The average molecular weight is 274 g/mol. The van der Waals surface area contributed by atoms with Crippen LogP contribution >= 0.6 is 11.8 Å². The van der Waals surface area contributed by atoms with Gasteiger partial charge in [0.15, 0.2) is 0 Å². The Hall–Kier alpha value is -0.980. The molecular weight excluding hydrogens is 252 g/mol. The van der Waals surface area contributed by atoms with Crippen LogP contribution in [0.15, 0.2) is 30.3 Å². The summed E-state index contributed by atoms with van der Waals surface area (Å²) in [6.07, 6.45) is 7.32. The number of rotatable bonds is 5. The molecule has 1 aromatic rings. The first-order valence-electron chi connectivity index (χ1n) is 7.04. The highest BCUT2D eigenvalue weighted by Crippen LogP contribution is 2.27. The van der Waals surface area contributed by atoms with E-state index in [0.717, 1.165) is 17.4 Å². The van der Waals surface area contributed by atoms with Gasteiger partial charge in [-0.05, 0) is 37.5 Å². The summed E-state index contributed by atoms with van der Waals surface area (Å²) < 4.78 is 0. The SMILES string of the molecule is CSC1CCC(NCC(C#N)c2ccccc2)CC1. The molecule has 1 unspecified atom stereocenters. The highest BCUT2D eigenvalue weighted by atomic mass is 32.2. The van der Waals surface area contributed by atoms with Gasteiger partial charge in [0, 0.05) is 17.8 Å². The molecule has 2 rings (SSSR count). The maximum atomic E-state index is 9.30. The highest BCUT2D eigenvalue weighted by Gasteiger charge is 2.21. The maximum Gasteiger partial charge on any atom is 0.0837 e. The molecule has 1 aromatic carbocycles. The van der Waals surface area contributed by atoms with E-state index in [2.05, 4.69) is 17.6 Å². The van der Waals surface area contributed by atoms with Crippen molar-refractivity contribution in [2.24, 2.45) is 0 Å². The van der Waals surface area contributed by atoms with Gasteiger partial charge in [-0.15, -0.1) is 0 Å². The first-order chi connectivity index (χ1) is 9.33. The van der Waals surface area contributed by atoms with Crippen LogP contribution in [0.3, 0.4) is 0 Å². The Balaban J connectivity index is 1.80. The molecule has 19 heavy (non-hydrogen) atoms. The van der Waals surface area contributed by atoms with Crippen molar-refractivity contribution in [3.05, 3.63) is 35.9 Å². The van der Waals surface area contributed by atoms with Crippen molar-refractivity contribution >= 4 is 11.8 Å². The molecule has 0 saturated heterocycles. The van der Waals surface area contributed by atoms with Crippen molar-refractivity contribution in [2.75, 3.05) is 12.8 Å². The third kappa shape index (κ3) is 4.26. The van der Waals surface area contributed by atoms with Crippen LogP contribution in [-0.4, -0.2) is 24.1 Å². The fraction of sp³-hybridized carbons (Fsp3) is 0.562. The molecule has 0 spiro atoms. The van der Waals surface area contributed by atoms with Crippen LogP contribution in [0.1, 0.15) is 37.2 Å². The van der Waals surface area contributed by atoms with E-state index in [9.17, 15) is 5.26 Å². The monoisotopic (exact) mass is 274 g/mol. The molecule has 1 saturated carbocycles. The van der Waals surface area contributed by atoms with Crippen molar-refractivity contribution in [1.29, 1.82) is 5.26 Å². The topological polar surface area (TPSA) is 35.8 Å². The van der Waals surface area contributed by atoms with Crippen molar-refractivity contribution in [3.63, 3.8) is 0 Å². The molecule has 0 heterocycles. The van der Waals surface area contributed by atoms with Gasteiger partial charge >= 0.3 is 0 Å². The molecule has 1 aliphatic rings. The van der Waals surface area contributed by atoms with Gasteiger partial charge < -0.3 is 5.32 Å². The minimum absolute atomic E-state index is 0.0283. The maximum absolute atomic E-state index is 9.30. The standard InChI is InChI=1S/C16H22N2S/c1-19-16-9-7-15(8-10-16)18-12-14(11-17)13-5-3-2-4-6-13/h2-6,14-16,18H,7-10,12H2,1H3. The molecule has 1 aliphatic carbocycles. The summed E-state index contributed by atoms with van der Waals surface area (Å²) in [5.74, 6) is -0.0283. The van der Waals surface area contributed by atoms with Gasteiger partial charge in [-0.1, -0.05) is 30.3 Å². The van der Waals surface area contributed by atoms with E-state index in [-0.39, 0.29) is 5.92 Å². The molecule has 0 radical (unpaired) electrons. The van der Waals surface area contributed by atoms with E-state index in [1.807, 2.05) is 42.1 Å². The molecule has 2 nitrogen and oxygen atoms in total. The number of hydrogen-bond acceptors (Lipinski definition) is 3. The molecule has 0 aliphatic heterocycles. The second-order valence-corrected chi connectivity index (χ2v) is 6.35. The minimum atomic E-state index is -0.0283. The van der Waals surface area contributed by atoms with Crippen molar-refractivity contribution in [2.45, 2.75) is 42.9 Å². The van der Waals surface area contributed by atoms with Crippen molar-refractivity contribution in [3.8, 4) is 6.07 Å². The Bertz CT molecular complexity index is 405. The normalized spacial score (nSPS) is 24.6. The summed E-state index contributed by atoms with van der Waals surface area (Å²) in [5.41, 5.74) is 1.12. The van der Waals surface area contributed by atoms with Crippen molar-refractivity contribution < 1.29 is 0 Å². The minimum Gasteiger partial charge on any atom is -0.312 e. The second-order valence-electron chi connectivity index (χ2n) is 5.21. The number of nitrogens with zero attached hydrogens (tertiary/aromatic N) is 1. The summed E-state index contributed by atoms with van der Waals surface area (Å²) in [4.78, 5) is 0. The zero-order chi connectivity index (χ0) is 13.5. The van der Waals surface area contributed by atoms with Gasteiger partial charge in [0.1, 0.15) is 0 Å². The zero-order valence-corrected chi connectivity index (χ0v) is 12.3. The molecule has 1 fully saturated rings. The Morgan fingerprint density at radius 2 is 1.95 bits per heavy atom. The van der Waals surface area contributed by atoms with E-state index in [1.165, 1.54) is 25.7 Å². The van der Waals surface area contributed by atoms with E-state index in [0.29, 0.717) is 6.04 Å². The van der Waals surface area contributed by atoms with Crippen LogP contribution in [0.25, 0.3) is 0 Å². The molecule has 1 atom stereocenters. The molecule has 0 bridgehead atoms. The lowest BCUT2D eigenvalue weighted by molar-refractivity contribution is 0.378. The van der Waals surface area contributed by atoms with Crippen molar-refractivity contribution in [1.82, 2.24) is 5.32 Å². The fourth-order valence-corrected chi connectivity index (χ4v) is 3.45. The number of nitrogens with one attached hydrogen (secondary N) is 1. The molecule has 3 heteroatoms. The lowest BCUT2D eigenvalue weighted by Crippen LogP contribution is -2.36. The predicted molar refractivity (Wildman–Crippen MR) is 82.4 cm³/mol. The van der Waals surface area contributed by atoms with Gasteiger partial charge in [0.05, 0.1) is 12.0 Å². The number of nitriles is 1. The largest absolute Gasteiger partial charge is 0.312 e. The predicted octanol–water partition coefficient (Wildman–Crippen LogP) is 3.56. The van der Waals surface area contributed by atoms with Gasteiger partial charge in [-0.25, -0.2) is 0 Å². The number of hydrogen-bond donors (Lipinski definition) is 1. The van der Waals surface area contributed by atoms with Gasteiger partial charge in [0.25, 0.3) is 0 Å². The van der Waals surface area contributed by atoms with E-state index in [1.54, 1.807) is 0 Å². The van der Waals surface area contributed by atoms with Crippen LogP contribution < -0.4 is 5.32 Å². The van der Waals surface area contributed by atoms with Crippen LogP contribution in [0.4, 0.5) is 0 Å². The molecule has 0 aromatic heterocycles. The zero-order valence-electron chi connectivity index (χ0n) is 11.5. The lowest BCUT2D eigenvalue weighted by Gasteiger charge is -2.28. The Labute approximate surface area is 120 Å². The van der Waals surface area contributed by atoms with Crippen LogP contribution in [-0.2, 0) is 0 Å². The summed E-state index contributed by atoms with van der Waals surface area (Å²) in [7, 11) is 0. The van der Waals surface area contributed by atoms with E-state index >= 15 is 0 Å². The van der Waals surface area contributed by atoms with E-state index < -0.39 is 0 Å². The summed E-state index contributed by atoms with van der Waals surface area (Å²) >= 11 is 1.99. The quantitative estimate of drug-likeness (QED) is 0.892. The van der Waals surface area contributed by atoms with Gasteiger partial charge in [0.2, 0.25) is 0 Å². The third-order valence-corrected chi connectivity index (χ3v) is 5.11. The van der Waals surface area contributed by atoms with Crippen LogP contribution in [0, 0.1) is 11.3 Å². The summed E-state index contributed by atoms with van der Waals surface area (Å²) in [6.45, 7) is 0.773. The molecule has 0 amide bonds. The lowest BCUT2D eigenvalue weighted by atomic mass is 9.93. The van der Waals surface area contributed by atoms with E-state index in [4.69, 9.17) is 0 Å². The van der Waals surface area contributed by atoms with Crippen LogP contribution in [0.5, 0.6) is 0 Å². The Morgan fingerprint density at radius 1 is 1.26 bits per heavy atom. The summed E-state index contributed by atoms with van der Waals surface area (Å²) in [5, 5.41) is 13.7. The highest BCUT2D eigenvalue weighted by molar-refractivity contribution is 7.99. The smallest absolute Gasteiger partial charge is 0.0837 e. The van der Waals surface area contributed by atoms with Crippen LogP contribution in [0.2, 0.25) is 0 Å².